The van der Waals surface area contributed by atoms with Gasteiger partial charge in [0, 0.05) is 18.5 Å². The molecule has 0 saturated carbocycles. The molecular formula is C17H22ClN3O2S. The summed E-state index contributed by atoms with van der Waals surface area (Å²) >= 11 is 8.00. The van der Waals surface area contributed by atoms with Gasteiger partial charge in [-0.3, -0.25) is 4.99 Å². The van der Waals surface area contributed by atoms with Gasteiger partial charge < -0.3 is 20.1 Å². The lowest BCUT2D eigenvalue weighted by atomic mass is 10.2. The highest BCUT2D eigenvalue weighted by molar-refractivity contribution is 7.09. The number of thiophene rings is 1. The topological polar surface area (TPSA) is 54.9 Å². The highest BCUT2D eigenvalue weighted by atomic mass is 35.5. The fraction of sp³-hybridized carbons (Fsp3) is 0.353. The van der Waals surface area contributed by atoms with Gasteiger partial charge in [-0.1, -0.05) is 17.7 Å². The van der Waals surface area contributed by atoms with Gasteiger partial charge in [0.25, 0.3) is 0 Å². The van der Waals surface area contributed by atoms with Crippen LogP contribution in [-0.4, -0.2) is 26.7 Å². The van der Waals surface area contributed by atoms with Crippen LogP contribution in [0.5, 0.6) is 11.5 Å². The predicted molar refractivity (Wildman–Crippen MR) is 101 cm³/mol. The van der Waals surface area contributed by atoms with Crippen molar-refractivity contribution >= 4 is 28.9 Å². The van der Waals surface area contributed by atoms with E-state index in [0.717, 1.165) is 18.1 Å². The van der Waals surface area contributed by atoms with Gasteiger partial charge in [0.05, 0.1) is 25.3 Å². The second-order valence-electron chi connectivity index (χ2n) is 4.90. The number of ether oxygens (including phenoxy) is 2. The molecule has 0 atom stereocenters. The Hall–Kier alpha value is -1.92. The van der Waals surface area contributed by atoms with E-state index in [2.05, 4.69) is 27.1 Å². The molecule has 0 unspecified atom stereocenters. The second-order valence-corrected chi connectivity index (χ2v) is 6.34. The molecule has 2 rings (SSSR count). The maximum Gasteiger partial charge on any atom is 0.191 e. The zero-order chi connectivity index (χ0) is 17.4. The van der Waals surface area contributed by atoms with Crippen molar-refractivity contribution in [2.24, 2.45) is 4.99 Å². The summed E-state index contributed by atoms with van der Waals surface area (Å²) in [7, 11) is 3.35. The number of nitrogens with zero attached hydrogens (tertiary/aromatic N) is 1. The van der Waals surface area contributed by atoms with Gasteiger partial charge in [0.15, 0.2) is 17.5 Å². The van der Waals surface area contributed by atoms with E-state index in [0.29, 0.717) is 29.7 Å². The number of halogens is 1. The van der Waals surface area contributed by atoms with E-state index in [4.69, 9.17) is 21.1 Å². The van der Waals surface area contributed by atoms with E-state index in [1.807, 2.05) is 25.1 Å². The lowest BCUT2D eigenvalue weighted by molar-refractivity contribution is 0.311. The molecule has 0 spiro atoms. The molecule has 0 saturated heterocycles. The van der Waals surface area contributed by atoms with E-state index in [1.165, 1.54) is 4.88 Å². The van der Waals surface area contributed by atoms with Gasteiger partial charge in [0.1, 0.15) is 0 Å². The van der Waals surface area contributed by atoms with Crippen molar-refractivity contribution in [2.75, 3.05) is 20.8 Å². The van der Waals surface area contributed by atoms with Crippen molar-refractivity contribution in [1.29, 1.82) is 0 Å². The molecule has 0 bridgehead atoms. The molecule has 2 aromatic rings. The number of benzene rings is 1. The van der Waals surface area contributed by atoms with Crippen molar-refractivity contribution < 1.29 is 9.47 Å². The van der Waals surface area contributed by atoms with Crippen molar-refractivity contribution in [3.05, 3.63) is 45.1 Å². The standard InChI is InChI=1S/C17H22ClN3O2S/c1-4-23-16-14(18)8-12(9-15(16)22-3)10-20-17(19-2)21-11-13-6-5-7-24-13/h5-9H,4,10-11H2,1-3H3,(H2,19,20,21). The summed E-state index contributed by atoms with van der Waals surface area (Å²) in [5, 5.41) is 9.14. The van der Waals surface area contributed by atoms with E-state index in [1.54, 1.807) is 25.5 Å². The molecule has 7 heteroatoms. The molecule has 0 amide bonds. The average molecular weight is 368 g/mol. The first-order valence-electron chi connectivity index (χ1n) is 7.64. The van der Waals surface area contributed by atoms with E-state index >= 15 is 0 Å². The van der Waals surface area contributed by atoms with Gasteiger partial charge in [-0.25, -0.2) is 0 Å². The minimum atomic E-state index is 0.535. The van der Waals surface area contributed by atoms with Crippen LogP contribution in [0.2, 0.25) is 5.02 Å². The first kappa shape index (κ1) is 18.4. The summed E-state index contributed by atoms with van der Waals surface area (Å²) in [5.74, 6) is 1.93. The molecule has 0 radical (unpaired) electrons. The maximum atomic E-state index is 6.29. The number of nitrogens with one attached hydrogen (secondary N) is 2. The third kappa shape index (κ3) is 5.04. The van der Waals surface area contributed by atoms with Crippen LogP contribution in [-0.2, 0) is 13.1 Å². The average Bonchev–Trinajstić information content (AvgIpc) is 3.10. The van der Waals surface area contributed by atoms with Crippen LogP contribution in [0.25, 0.3) is 0 Å². The van der Waals surface area contributed by atoms with Gasteiger partial charge in [-0.2, -0.15) is 0 Å². The van der Waals surface area contributed by atoms with Gasteiger partial charge >= 0.3 is 0 Å². The predicted octanol–water partition coefficient (Wildman–Crippen LogP) is 3.67. The first-order valence-corrected chi connectivity index (χ1v) is 8.89. The first-order chi connectivity index (χ1) is 11.7. The van der Waals surface area contributed by atoms with Crippen LogP contribution in [0, 0.1) is 0 Å². The molecule has 1 aromatic carbocycles. The molecule has 1 heterocycles. The number of hydrogen-bond acceptors (Lipinski definition) is 4. The van der Waals surface area contributed by atoms with Gasteiger partial charge in [-0.05, 0) is 36.1 Å². The van der Waals surface area contributed by atoms with Crippen molar-refractivity contribution in [3.63, 3.8) is 0 Å². The fourth-order valence-corrected chi connectivity index (χ4v) is 3.08. The second kappa shape index (κ2) is 9.39. The smallest absolute Gasteiger partial charge is 0.191 e. The van der Waals surface area contributed by atoms with Crippen LogP contribution < -0.4 is 20.1 Å². The van der Waals surface area contributed by atoms with Crippen LogP contribution in [0.3, 0.4) is 0 Å². The normalized spacial score (nSPS) is 11.2. The summed E-state index contributed by atoms with van der Waals surface area (Å²) in [6.07, 6.45) is 0. The Balaban J connectivity index is 1.98. The number of rotatable bonds is 7. The Kier molecular flexibility index (Phi) is 7.21. The zero-order valence-electron chi connectivity index (χ0n) is 14.1. The number of hydrogen-bond donors (Lipinski definition) is 2. The van der Waals surface area contributed by atoms with E-state index in [9.17, 15) is 0 Å². The highest BCUT2D eigenvalue weighted by Crippen LogP contribution is 2.36. The Morgan fingerprint density at radius 2 is 2.08 bits per heavy atom. The highest BCUT2D eigenvalue weighted by Gasteiger charge is 2.12. The van der Waals surface area contributed by atoms with Crippen LogP contribution in [0.1, 0.15) is 17.4 Å². The molecule has 5 nitrogen and oxygen atoms in total. The molecule has 0 aliphatic rings. The molecule has 130 valence electrons. The maximum absolute atomic E-state index is 6.29. The van der Waals surface area contributed by atoms with E-state index in [-0.39, 0.29) is 0 Å². The number of guanidine groups is 1. The van der Waals surface area contributed by atoms with Gasteiger partial charge in [0.2, 0.25) is 0 Å². The molecule has 0 fully saturated rings. The molecule has 0 aliphatic heterocycles. The quantitative estimate of drug-likeness (QED) is 0.579. The molecular weight excluding hydrogens is 346 g/mol. The zero-order valence-corrected chi connectivity index (χ0v) is 15.6. The van der Waals surface area contributed by atoms with Crippen molar-refractivity contribution in [1.82, 2.24) is 10.6 Å². The van der Waals surface area contributed by atoms with Crippen molar-refractivity contribution in [3.8, 4) is 11.5 Å². The third-order valence-electron chi connectivity index (χ3n) is 3.27. The third-order valence-corrected chi connectivity index (χ3v) is 4.43. The number of aliphatic imine (C=N–C) groups is 1. The minimum absolute atomic E-state index is 0.535. The number of methoxy groups -OCH3 is 1. The van der Waals surface area contributed by atoms with E-state index < -0.39 is 0 Å². The summed E-state index contributed by atoms with van der Waals surface area (Å²) < 4.78 is 10.9. The SMILES string of the molecule is CCOc1c(Cl)cc(CNC(=NC)NCc2cccs2)cc1OC. The molecule has 0 aliphatic carbocycles. The molecule has 24 heavy (non-hydrogen) atoms. The van der Waals surface area contributed by atoms with Crippen LogP contribution in [0.4, 0.5) is 0 Å². The molecule has 1 aromatic heterocycles. The van der Waals surface area contributed by atoms with Crippen molar-refractivity contribution in [2.45, 2.75) is 20.0 Å². The Morgan fingerprint density at radius 3 is 2.71 bits per heavy atom. The monoisotopic (exact) mass is 367 g/mol. The Bertz CT molecular complexity index is 675. The summed E-state index contributed by atoms with van der Waals surface area (Å²) in [5.41, 5.74) is 0.986. The summed E-state index contributed by atoms with van der Waals surface area (Å²) in [6, 6.07) is 7.90. The summed E-state index contributed by atoms with van der Waals surface area (Å²) in [4.78, 5) is 5.48. The fourth-order valence-electron chi connectivity index (χ4n) is 2.15. The van der Waals surface area contributed by atoms with Gasteiger partial charge in [-0.15, -0.1) is 11.3 Å². The largest absolute Gasteiger partial charge is 0.493 e. The Labute approximate surface area is 151 Å². The minimum Gasteiger partial charge on any atom is -0.493 e. The lowest BCUT2D eigenvalue weighted by Gasteiger charge is -2.15. The Morgan fingerprint density at radius 1 is 1.29 bits per heavy atom. The van der Waals surface area contributed by atoms with Crippen LogP contribution in [0.15, 0.2) is 34.6 Å². The van der Waals surface area contributed by atoms with Crippen LogP contribution >= 0.6 is 22.9 Å². The summed E-state index contributed by atoms with van der Waals surface area (Å²) in [6.45, 7) is 3.76. The lowest BCUT2D eigenvalue weighted by Crippen LogP contribution is -2.36. The molecule has 2 N–H and O–H groups in total.